The average Bonchev–Trinajstić information content (AvgIpc) is 3.07. The third-order valence-corrected chi connectivity index (χ3v) is 5.50. The summed E-state index contributed by atoms with van der Waals surface area (Å²) in [5, 5.41) is 8.43. The van der Waals surface area contributed by atoms with Crippen molar-refractivity contribution in [2.45, 2.75) is 39.2 Å². The molecule has 7 nitrogen and oxygen atoms in total. The predicted octanol–water partition coefficient (Wildman–Crippen LogP) is 3.40. The van der Waals surface area contributed by atoms with Crippen molar-refractivity contribution in [3.8, 4) is 11.7 Å². The van der Waals surface area contributed by atoms with Gasteiger partial charge in [-0.05, 0) is 61.4 Å². The fourth-order valence-corrected chi connectivity index (χ4v) is 3.84. The largest absolute Gasteiger partial charge is 0.467 e. The van der Waals surface area contributed by atoms with E-state index < -0.39 is 0 Å². The van der Waals surface area contributed by atoms with Gasteiger partial charge in [0.25, 0.3) is 0 Å². The van der Waals surface area contributed by atoms with Crippen molar-refractivity contribution in [1.29, 1.82) is 0 Å². The highest BCUT2D eigenvalue weighted by molar-refractivity contribution is 5.98. The van der Waals surface area contributed by atoms with Crippen molar-refractivity contribution in [2.24, 2.45) is 12.2 Å². The number of ether oxygens (including phenoxy) is 1. The van der Waals surface area contributed by atoms with Crippen molar-refractivity contribution in [3.63, 3.8) is 0 Å². The minimum Gasteiger partial charge on any atom is -0.467 e. The Hall–Kier alpha value is -3.35. The molecule has 1 heterocycles. The van der Waals surface area contributed by atoms with Gasteiger partial charge in [0.15, 0.2) is 0 Å². The van der Waals surface area contributed by atoms with Gasteiger partial charge < -0.3 is 9.57 Å². The third kappa shape index (κ3) is 3.87. The smallest absolute Gasteiger partial charge is 0.353 e. The van der Waals surface area contributed by atoms with Crippen LogP contribution in [0.15, 0.2) is 52.4 Å². The lowest BCUT2D eigenvalue weighted by atomic mass is 9.90. The summed E-state index contributed by atoms with van der Waals surface area (Å²) in [7, 11) is 3.08. The van der Waals surface area contributed by atoms with Crippen LogP contribution in [0.4, 0.5) is 0 Å². The normalized spacial score (nSPS) is 13.8. The maximum Gasteiger partial charge on any atom is 0.353 e. The molecule has 3 aromatic rings. The van der Waals surface area contributed by atoms with Crippen molar-refractivity contribution in [1.82, 2.24) is 14.3 Å². The fourth-order valence-electron chi connectivity index (χ4n) is 3.84. The van der Waals surface area contributed by atoms with E-state index in [2.05, 4.69) is 28.5 Å². The summed E-state index contributed by atoms with van der Waals surface area (Å²) in [4.78, 5) is 18.2. The molecule has 0 radical (unpaired) electrons. The first-order valence-electron chi connectivity index (χ1n) is 10.2. The molecule has 0 N–H and O–H groups in total. The topological polar surface area (TPSA) is 70.6 Å². The second-order valence-electron chi connectivity index (χ2n) is 7.50. The zero-order valence-electron chi connectivity index (χ0n) is 17.6. The fraction of sp³-hybridized carbons (Fsp3) is 0.348. The van der Waals surface area contributed by atoms with Gasteiger partial charge in [0.05, 0.1) is 18.5 Å². The minimum atomic E-state index is -0.284. The Morgan fingerprint density at radius 2 is 1.90 bits per heavy atom. The number of oxime groups is 1. The summed E-state index contributed by atoms with van der Waals surface area (Å²) < 4.78 is 7.94. The van der Waals surface area contributed by atoms with Crippen molar-refractivity contribution in [3.05, 3.63) is 75.2 Å². The molecular weight excluding hydrogens is 380 g/mol. The van der Waals surface area contributed by atoms with Crippen LogP contribution < -0.4 is 10.4 Å². The van der Waals surface area contributed by atoms with E-state index >= 15 is 0 Å². The van der Waals surface area contributed by atoms with E-state index in [9.17, 15) is 4.79 Å². The monoisotopic (exact) mass is 406 g/mol. The van der Waals surface area contributed by atoms with Gasteiger partial charge in [-0.15, -0.1) is 5.10 Å². The number of hydrogen-bond donors (Lipinski definition) is 0. The molecule has 0 unspecified atom stereocenters. The Balaban J connectivity index is 1.55. The van der Waals surface area contributed by atoms with E-state index in [1.807, 2.05) is 31.2 Å². The quantitative estimate of drug-likeness (QED) is 0.465. The number of benzene rings is 2. The molecule has 1 aliphatic rings. The highest BCUT2D eigenvalue weighted by Crippen LogP contribution is 2.23. The van der Waals surface area contributed by atoms with Crippen molar-refractivity contribution >= 4 is 5.71 Å². The van der Waals surface area contributed by atoms with Gasteiger partial charge in [0.1, 0.15) is 6.61 Å². The molecule has 0 amide bonds. The molecule has 1 aromatic heterocycles. The van der Waals surface area contributed by atoms with Gasteiger partial charge in [-0.3, -0.25) is 0 Å². The number of aryl methyl sites for hydroxylation is 3. The van der Waals surface area contributed by atoms with Crippen LogP contribution in [0.5, 0.6) is 6.01 Å². The molecule has 4 rings (SSSR count). The zero-order valence-corrected chi connectivity index (χ0v) is 17.6. The van der Waals surface area contributed by atoms with E-state index in [1.54, 1.807) is 7.05 Å². The summed E-state index contributed by atoms with van der Waals surface area (Å²) in [5.74, 6) is 0. The van der Waals surface area contributed by atoms with Crippen LogP contribution in [0.2, 0.25) is 0 Å². The molecule has 7 heteroatoms. The molecule has 0 bridgehead atoms. The highest BCUT2D eigenvalue weighted by atomic mass is 16.6. The lowest BCUT2D eigenvalue weighted by Gasteiger charge is -2.16. The molecule has 0 spiro atoms. The van der Waals surface area contributed by atoms with Crippen LogP contribution in [0, 0.1) is 0 Å². The Morgan fingerprint density at radius 3 is 2.70 bits per heavy atom. The SMILES string of the molecule is COc1nn(C)c(=O)n1-c1ccccc1CON=C(C)c1ccc2c(c1)CCCC2. The predicted molar refractivity (Wildman–Crippen MR) is 115 cm³/mol. The Bertz CT molecular complexity index is 1140. The van der Waals surface area contributed by atoms with E-state index in [1.165, 1.54) is 40.3 Å². The lowest BCUT2D eigenvalue weighted by Crippen LogP contribution is -2.22. The van der Waals surface area contributed by atoms with Gasteiger partial charge in [0, 0.05) is 12.6 Å². The van der Waals surface area contributed by atoms with E-state index in [0.717, 1.165) is 29.7 Å². The molecule has 156 valence electrons. The van der Waals surface area contributed by atoms with Crippen molar-refractivity contribution < 1.29 is 9.57 Å². The molecule has 0 fully saturated rings. The summed E-state index contributed by atoms with van der Waals surface area (Å²) in [6.07, 6.45) is 4.81. The highest BCUT2D eigenvalue weighted by Gasteiger charge is 2.16. The van der Waals surface area contributed by atoms with Crippen LogP contribution >= 0.6 is 0 Å². The summed E-state index contributed by atoms with van der Waals surface area (Å²) in [6, 6.07) is 14.3. The van der Waals surface area contributed by atoms with Crippen LogP contribution in [0.1, 0.15) is 42.0 Å². The number of para-hydroxylation sites is 1. The van der Waals surface area contributed by atoms with Crippen molar-refractivity contribution in [2.75, 3.05) is 7.11 Å². The van der Waals surface area contributed by atoms with Gasteiger partial charge in [-0.2, -0.15) is 0 Å². The number of hydrogen-bond acceptors (Lipinski definition) is 5. The average molecular weight is 406 g/mol. The molecule has 30 heavy (non-hydrogen) atoms. The molecule has 0 atom stereocenters. The minimum absolute atomic E-state index is 0.225. The number of fused-ring (bicyclic) bond motifs is 1. The summed E-state index contributed by atoms with van der Waals surface area (Å²) in [6.45, 7) is 2.17. The first-order chi connectivity index (χ1) is 14.6. The van der Waals surface area contributed by atoms with Crippen LogP contribution in [0.25, 0.3) is 5.69 Å². The maximum absolute atomic E-state index is 12.5. The van der Waals surface area contributed by atoms with E-state index in [-0.39, 0.29) is 18.3 Å². The van der Waals surface area contributed by atoms with Crippen LogP contribution in [0.3, 0.4) is 0 Å². The first-order valence-corrected chi connectivity index (χ1v) is 10.2. The molecule has 2 aromatic carbocycles. The third-order valence-electron chi connectivity index (χ3n) is 5.50. The standard InChI is InChI=1S/C23H26N4O3/c1-16(18-13-12-17-8-4-5-9-19(17)14-18)25-30-15-20-10-6-7-11-21(20)27-22(29-3)24-26(2)23(27)28/h6-7,10-14H,4-5,8-9,15H2,1-3H3. The second kappa shape index (κ2) is 8.57. The Morgan fingerprint density at radius 1 is 1.13 bits per heavy atom. The maximum atomic E-state index is 12.5. The van der Waals surface area contributed by atoms with Crippen LogP contribution in [-0.4, -0.2) is 27.2 Å². The Kier molecular flexibility index (Phi) is 5.70. The van der Waals surface area contributed by atoms with Gasteiger partial charge in [-0.25, -0.2) is 14.0 Å². The number of rotatable bonds is 6. The van der Waals surface area contributed by atoms with E-state index in [0.29, 0.717) is 5.69 Å². The zero-order chi connectivity index (χ0) is 21.1. The van der Waals surface area contributed by atoms with Gasteiger partial charge in [-0.1, -0.05) is 35.5 Å². The van der Waals surface area contributed by atoms with Gasteiger partial charge >= 0.3 is 11.7 Å². The first kappa shape index (κ1) is 19.9. The van der Waals surface area contributed by atoms with Crippen LogP contribution in [-0.2, 0) is 31.3 Å². The molecule has 0 saturated carbocycles. The number of methoxy groups -OCH3 is 1. The number of nitrogens with zero attached hydrogens (tertiary/aromatic N) is 4. The number of aromatic nitrogens is 3. The molecule has 1 aliphatic carbocycles. The molecule has 0 saturated heterocycles. The molecular formula is C23H26N4O3. The Labute approximate surface area is 175 Å². The molecule has 0 aliphatic heterocycles. The van der Waals surface area contributed by atoms with E-state index in [4.69, 9.17) is 9.57 Å². The lowest BCUT2D eigenvalue weighted by molar-refractivity contribution is 0.130. The summed E-state index contributed by atoms with van der Waals surface area (Å²) in [5.41, 5.74) is 5.96. The van der Waals surface area contributed by atoms with Gasteiger partial charge in [0.2, 0.25) is 0 Å². The summed E-state index contributed by atoms with van der Waals surface area (Å²) >= 11 is 0. The second-order valence-corrected chi connectivity index (χ2v) is 7.50.